The molecule has 0 bridgehead atoms. The Hall–Kier alpha value is -3.51. The summed E-state index contributed by atoms with van der Waals surface area (Å²) < 4.78 is 11.1. The van der Waals surface area contributed by atoms with Crippen LogP contribution in [0.25, 0.3) is 0 Å². The van der Waals surface area contributed by atoms with Gasteiger partial charge in [-0.05, 0) is 71.4 Å². The molecule has 4 rings (SSSR count). The largest absolute Gasteiger partial charge is 0.493 e. The van der Waals surface area contributed by atoms with E-state index in [0.717, 1.165) is 38.5 Å². The number of nitrogens with zero attached hydrogens (tertiary/aromatic N) is 3. The van der Waals surface area contributed by atoms with Gasteiger partial charge in [-0.3, -0.25) is 19.3 Å². The van der Waals surface area contributed by atoms with E-state index in [1.807, 2.05) is 4.90 Å². The van der Waals surface area contributed by atoms with Crippen LogP contribution in [0.1, 0.15) is 106 Å². The number of hydrogen-bond donors (Lipinski definition) is 2. The molecule has 46 heavy (non-hydrogen) atoms. The number of likely N-dealkylation sites (tertiary alicyclic amines) is 1. The highest BCUT2D eigenvalue weighted by Gasteiger charge is 2.41. The third-order valence-electron chi connectivity index (χ3n) is 8.57. The van der Waals surface area contributed by atoms with Crippen LogP contribution in [0.2, 0.25) is 0 Å². The van der Waals surface area contributed by atoms with Crippen LogP contribution >= 0.6 is 11.3 Å². The lowest BCUT2D eigenvalue weighted by Crippen LogP contribution is -2.56. The van der Waals surface area contributed by atoms with Gasteiger partial charge in [-0.1, -0.05) is 31.4 Å². The van der Waals surface area contributed by atoms with Crippen molar-refractivity contribution < 1.29 is 33.8 Å². The number of carbonyl (C=O) groups is 4. The van der Waals surface area contributed by atoms with Crippen molar-refractivity contribution >= 4 is 35.0 Å². The molecular weight excluding hydrogens is 608 g/mol. The summed E-state index contributed by atoms with van der Waals surface area (Å²) in [5.74, 6) is -0.250. The molecule has 2 aromatic rings. The van der Waals surface area contributed by atoms with Crippen LogP contribution in [0.15, 0.2) is 29.6 Å². The fraction of sp³-hybridized carbons (Fsp3) is 0.618. The van der Waals surface area contributed by atoms with E-state index in [-0.39, 0.29) is 30.3 Å². The molecule has 1 saturated heterocycles. The first-order chi connectivity index (χ1) is 21.9. The number of ketones is 1. The van der Waals surface area contributed by atoms with Crippen LogP contribution in [0, 0.1) is 5.92 Å². The van der Waals surface area contributed by atoms with Crippen molar-refractivity contribution in [3.8, 4) is 5.75 Å². The highest BCUT2D eigenvalue weighted by molar-refractivity contribution is 7.10. The van der Waals surface area contributed by atoms with E-state index in [1.165, 1.54) is 23.3 Å². The molecule has 3 atom stereocenters. The van der Waals surface area contributed by atoms with Gasteiger partial charge in [0.05, 0.1) is 12.6 Å². The van der Waals surface area contributed by atoms with E-state index in [4.69, 9.17) is 19.6 Å². The Bertz CT molecular complexity index is 1370. The first-order valence-corrected chi connectivity index (χ1v) is 17.2. The molecule has 2 fully saturated rings. The number of benzene rings is 1. The van der Waals surface area contributed by atoms with E-state index < -0.39 is 29.7 Å². The van der Waals surface area contributed by atoms with Crippen molar-refractivity contribution in [3.63, 3.8) is 0 Å². The lowest BCUT2D eigenvalue weighted by Gasteiger charge is -2.36. The number of hydrogen-bond acceptors (Lipinski definition) is 9. The van der Waals surface area contributed by atoms with Crippen molar-refractivity contribution in [1.29, 1.82) is 0 Å². The maximum Gasteiger partial charge on any atom is 0.410 e. The molecule has 2 heterocycles. The summed E-state index contributed by atoms with van der Waals surface area (Å²) in [4.78, 5) is 61.5. The number of carbonyl (C=O) groups excluding carboxylic acids is 4. The van der Waals surface area contributed by atoms with Crippen LogP contribution in [-0.2, 0) is 14.3 Å². The molecule has 0 radical (unpaired) electrons. The zero-order valence-electron chi connectivity index (χ0n) is 27.6. The molecule has 2 aliphatic rings. The summed E-state index contributed by atoms with van der Waals surface area (Å²) in [5.41, 5.74) is 0.0536. The zero-order valence-corrected chi connectivity index (χ0v) is 28.4. The van der Waals surface area contributed by atoms with Gasteiger partial charge >= 0.3 is 6.09 Å². The summed E-state index contributed by atoms with van der Waals surface area (Å²) in [6.45, 7) is 7.84. The smallest absolute Gasteiger partial charge is 0.410 e. The van der Waals surface area contributed by atoms with Crippen molar-refractivity contribution in [1.82, 2.24) is 20.1 Å². The lowest BCUT2D eigenvalue weighted by molar-refractivity contribution is -0.140. The number of likely N-dealkylation sites (N-methyl/N-ethyl adjacent to an activating group) is 1. The molecule has 2 N–H and O–H groups in total. The minimum absolute atomic E-state index is 0.00853. The van der Waals surface area contributed by atoms with E-state index in [1.54, 1.807) is 57.3 Å². The standard InChI is InChI=1S/C34H48N4O7S/c1-22(37(5)33(43)45-34(2,3)4)30(41)36-28(23-12-7-6-8-13-23)32(42)38-17-10-16-27(38)31-35-26(21-46-31)29(40)24-14-9-15-25(20-24)44-19-11-18-39/h9,14-15,20-23,27-28,39H,6-8,10-13,16-19H2,1-5H3,(H,36,41)/t22-,27-,28-/m0/s1. The highest BCUT2D eigenvalue weighted by atomic mass is 32.1. The lowest BCUT2D eigenvalue weighted by atomic mass is 9.83. The molecule has 1 aromatic heterocycles. The monoisotopic (exact) mass is 656 g/mol. The quantitative estimate of drug-likeness (QED) is 0.237. The number of thiazole rings is 1. The van der Waals surface area contributed by atoms with Crippen molar-refractivity contribution in [2.75, 3.05) is 26.8 Å². The Morgan fingerprint density at radius 3 is 2.57 bits per heavy atom. The molecule has 3 amide bonds. The zero-order chi connectivity index (χ0) is 33.4. The molecule has 1 aromatic carbocycles. The van der Waals surface area contributed by atoms with Crippen LogP contribution in [-0.4, -0.2) is 88.1 Å². The average Bonchev–Trinajstić information content (AvgIpc) is 3.72. The van der Waals surface area contributed by atoms with E-state index >= 15 is 0 Å². The number of nitrogens with one attached hydrogen (secondary N) is 1. The van der Waals surface area contributed by atoms with Crippen molar-refractivity contribution in [2.45, 2.75) is 103 Å². The summed E-state index contributed by atoms with van der Waals surface area (Å²) in [5, 5.41) is 14.5. The number of rotatable bonds is 12. The van der Waals surface area contributed by atoms with Gasteiger partial charge < -0.3 is 24.8 Å². The van der Waals surface area contributed by atoms with Gasteiger partial charge in [0.2, 0.25) is 17.6 Å². The maximum atomic E-state index is 14.3. The number of aliphatic hydroxyl groups excluding tert-OH is 1. The summed E-state index contributed by atoms with van der Waals surface area (Å²) in [6, 6.07) is 5.04. The van der Waals surface area contributed by atoms with Gasteiger partial charge in [-0.2, -0.15) is 0 Å². The van der Waals surface area contributed by atoms with Crippen LogP contribution in [0.3, 0.4) is 0 Å². The normalized spacial score (nSPS) is 18.5. The van der Waals surface area contributed by atoms with Gasteiger partial charge in [-0.25, -0.2) is 9.78 Å². The third-order valence-corrected chi connectivity index (χ3v) is 9.52. The summed E-state index contributed by atoms with van der Waals surface area (Å²) in [7, 11) is 1.52. The molecule has 11 nitrogen and oxygen atoms in total. The van der Waals surface area contributed by atoms with Gasteiger partial charge in [-0.15, -0.1) is 11.3 Å². The van der Waals surface area contributed by atoms with Gasteiger partial charge in [0.15, 0.2) is 0 Å². The fourth-order valence-electron chi connectivity index (χ4n) is 5.93. The molecule has 1 saturated carbocycles. The molecule has 0 spiro atoms. The Balaban J connectivity index is 1.49. The Morgan fingerprint density at radius 2 is 1.87 bits per heavy atom. The second-order valence-electron chi connectivity index (χ2n) is 13.2. The minimum Gasteiger partial charge on any atom is -0.493 e. The predicted octanol–water partition coefficient (Wildman–Crippen LogP) is 5.12. The first kappa shape index (κ1) is 35.3. The topological polar surface area (TPSA) is 138 Å². The number of aliphatic hydroxyl groups is 1. The third kappa shape index (κ3) is 9.06. The summed E-state index contributed by atoms with van der Waals surface area (Å²) in [6.07, 6.45) is 6.15. The van der Waals surface area contributed by atoms with Crippen LogP contribution in [0.5, 0.6) is 5.75 Å². The maximum absolute atomic E-state index is 14.3. The Kier molecular flexibility index (Phi) is 12.2. The molecule has 1 aliphatic heterocycles. The Morgan fingerprint density at radius 1 is 1.13 bits per heavy atom. The number of aromatic nitrogens is 1. The average molecular weight is 657 g/mol. The minimum atomic E-state index is -0.839. The second-order valence-corrected chi connectivity index (χ2v) is 14.1. The van der Waals surface area contributed by atoms with Crippen LogP contribution < -0.4 is 10.1 Å². The summed E-state index contributed by atoms with van der Waals surface area (Å²) >= 11 is 1.36. The van der Waals surface area contributed by atoms with Crippen molar-refractivity contribution in [2.24, 2.45) is 5.92 Å². The number of amides is 3. The molecule has 1 aliphatic carbocycles. The number of ether oxygens (including phenoxy) is 2. The van der Waals surface area contributed by atoms with E-state index in [2.05, 4.69) is 5.32 Å². The molecule has 12 heteroatoms. The highest BCUT2D eigenvalue weighted by Crippen LogP contribution is 2.36. The van der Waals surface area contributed by atoms with Crippen LogP contribution in [0.4, 0.5) is 4.79 Å². The van der Waals surface area contributed by atoms with E-state index in [9.17, 15) is 19.2 Å². The van der Waals surface area contributed by atoms with Gasteiger partial charge in [0, 0.05) is 37.6 Å². The van der Waals surface area contributed by atoms with E-state index in [0.29, 0.717) is 48.0 Å². The van der Waals surface area contributed by atoms with Gasteiger partial charge in [0.25, 0.3) is 0 Å². The Labute approximate surface area is 275 Å². The SMILES string of the molecule is C[C@@H](C(=O)N[C@H](C(=O)N1CCC[C@H]1c1nc(C(=O)c2cccc(OCCCO)c2)cs1)C1CCCCC1)N(C)C(=O)OC(C)(C)C. The fourth-order valence-corrected chi connectivity index (χ4v) is 6.88. The first-order valence-electron chi connectivity index (χ1n) is 16.3. The van der Waals surface area contributed by atoms with Crippen molar-refractivity contribution in [3.05, 3.63) is 45.9 Å². The molecule has 0 unspecified atom stereocenters. The molecular formula is C34H48N4O7S. The van der Waals surface area contributed by atoms with Gasteiger partial charge in [0.1, 0.15) is 34.1 Å². The molecule has 252 valence electrons. The predicted molar refractivity (Wildman–Crippen MR) is 175 cm³/mol. The second kappa shape index (κ2) is 15.9.